The summed E-state index contributed by atoms with van der Waals surface area (Å²) in [5, 5.41) is 2.86. The van der Waals surface area contributed by atoms with Gasteiger partial charge in [0.2, 0.25) is 0 Å². The molecule has 1 amide bonds. The van der Waals surface area contributed by atoms with Gasteiger partial charge in [-0.3, -0.25) is 9.59 Å². The quantitative estimate of drug-likeness (QED) is 0.574. The van der Waals surface area contributed by atoms with E-state index in [0.717, 1.165) is 23.7 Å². The standard InChI is InChI=1S/C18H22BrNO3/c1-13(21)16-11-15(19)7-8-17(16)23-12-18(22)20-10-9-14-5-3-2-4-6-14/h5,7-8,11H,2-4,6,9-10,12H2,1H3,(H,20,22). The van der Waals surface area contributed by atoms with Crippen molar-refractivity contribution < 1.29 is 14.3 Å². The summed E-state index contributed by atoms with van der Waals surface area (Å²) in [5.41, 5.74) is 1.91. The molecule has 0 saturated carbocycles. The molecule has 0 atom stereocenters. The van der Waals surface area contributed by atoms with E-state index >= 15 is 0 Å². The Morgan fingerprint density at radius 1 is 1.30 bits per heavy atom. The van der Waals surface area contributed by atoms with Crippen molar-refractivity contribution in [2.75, 3.05) is 13.2 Å². The fourth-order valence-electron chi connectivity index (χ4n) is 2.59. The number of Topliss-reactive ketones (excluding diaryl/α,β-unsaturated/α-hetero) is 1. The van der Waals surface area contributed by atoms with Crippen LogP contribution in [0.15, 0.2) is 34.3 Å². The number of amides is 1. The first-order valence-electron chi connectivity index (χ1n) is 7.94. The molecule has 0 fully saturated rings. The number of hydrogen-bond acceptors (Lipinski definition) is 3. The normalized spacial score (nSPS) is 14.1. The number of hydrogen-bond donors (Lipinski definition) is 1. The zero-order valence-electron chi connectivity index (χ0n) is 13.4. The molecule has 124 valence electrons. The van der Waals surface area contributed by atoms with Gasteiger partial charge >= 0.3 is 0 Å². The Labute approximate surface area is 145 Å². The van der Waals surface area contributed by atoms with Crippen LogP contribution in [-0.4, -0.2) is 24.8 Å². The lowest BCUT2D eigenvalue weighted by Gasteiger charge is -2.13. The summed E-state index contributed by atoms with van der Waals surface area (Å²) < 4.78 is 6.30. The number of nitrogens with one attached hydrogen (secondary N) is 1. The first-order valence-corrected chi connectivity index (χ1v) is 8.73. The van der Waals surface area contributed by atoms with E-state index < -0.39 is 0 Å². The molecule has 1 N–H and O–H groups in total. The molecule has 0 spiro atoms. The van der Waals surface area contributed by atoms with Gasteiger partial charge in [-0.2, -0.15) is 0 Å². The van der Waals surface area contributed by atoms with E-state index in [1.54, 1.807) is 18.2 Å². The highest BCUT2D eigenvalue weighted by Crippen LogP contribution is 2.23. The van der Waals surface area contributed by atoms with Gasteiger partial charge in [0.25, 0.3) is 5.91 Å². The van der Waals surface area contributed by atoms with Crippen LogP contribution >= 0.6 is 15.9 Å². The number of allylic oxidation sites excluding steroid dienone is 1. The van der Waals surface area contributed by atoms with Gasteiger partial charge in [-0.15, -0.1) is 0 Å². The third-order valence-corrected chi connectivity index (χ3v) is 4.33. The predicted octanol–water partition coefficient (Wildman–Crippen LogP) is 4.04. The fraction of sp³-hybridized carbons (Fsp3) is 0.444. The summed E-state index contributed by atoms with van der Waals surface area (Å²) in [6.45, 7) is 2.03. The minimum Gasteiger partial charge on any atom is -0.483 e. The van der Waals surface area contributed by atoms with Crippen molar-refractivity contribution in [3.05, 3.63) is 39.9 Å². The average molecular weight is 380 g/mol. The van der Waals surface area contributed by atoms with Crippen molar-refractivity contribution in [3.8, 4) is 5.75 Å². The van der Waals surface area contributed by atoms with Crippen LogP contribution in [0.25, 0.3) is 0 Å². The van der Waals surface area contributed by atoms with Crippen LogP contribution in [0.4, 0.5) is 0 Å². The summed E-state index contributed by atoms with van der Waals surface area (Å²) in [6, 6.07) is 5.18. The van der Waals surface area contributed by atoms with Crippen molar-refractivity contribution in [3.63, 3.8) is 0 Å². The van der Waals surface area contributed by atoms with E-state index in [1.165, 1.54) is 25.3 Å². The monoisotopic (exact) mass is 379 g/mol. The molecule has 0 unspecified atom stereocenters. The molecule has 5 heteroatoms. The second-order valence-electron chi connectivity index (χ2n) is 5.69. The number of carbonyl (C=O) groups excluding carboxylic acids is 2. The Morgan fingerprint density at radius 3 is 2.83 bits per heavy atom. The van der Waals surface area contributed by atoms with E-state index in [2.05, 4.69) is 27.3 Å². The first kappa shape index (κ1) is 17.7. The number of ketones is 1. The molecular weight excluding hydrogens is 358 g/mol. The van der Waals surface area contributed by atoms with Gasteiger partial charge < -0.3 is 10.1 Å². The summed E-state index contributed by atoms with van der Waals surface area (Å²) in [4.78, 5) is 23.5. The van der Waals surface area contributed by atoms with Crippen molar-refractivity contribution in [2.24, 2.45) is 0 Å². The third-order valence-electron chi connectivity index (χ3n) is 3.83. The maximum Gasteiger partial charge on any atom is 0.257 e. The number of carbonyl (C=O) groups is 2. The van der Waals surface area contributed by atoms with E-state index in [9.17, 15) is 9.59 Å². The van der Waals surface area contributed by atoms with E-state index in [-0.39, 0.29) is 18.3 Å². The highest BCUT2D eigenvalue weighted by Gasteiger charge is 2.11. The van der Waals surface area contributed by atoms with Crippen molar-refractivity contribution in [2.45, 2.75) is 39.0 Å². The van der Waals surface area contributed by atoms with Crippen LogP contribution in [0, 0.1) is 0 Å². The molecule has 23 heavy (non-hydrogen) atoms. The van der Waals surface area contributed by atoms with Gasteiger partial charge in [-0.05, 0) is 57.2 Å². The Morgan fingerprint density at radius 2 is 2.13 bits per heavy atom. The summed E-state index contributed by atoms with van der Waals surface area (Å²) >= 11 is 3.32. The molecule has 0 bridgehead atoms. The van der Waals surface area contributed by atoms with E-state index in [0.29, 0.717) is 17.9 Å². The van der Waals surface area contributed by atoms with Crippen LogP contribution in [0.5, 0.6) is 5.75 Å². The minimum atomic E-state index is -0.168. The van der Waals surface area contributed by atoms with Gasteiger partial charge in [-0.25, -0.2) is 0 Å². The molecule has 2 rings (SSSR count). The number of rotatable bonds is 7. The van der Waals surface area contributed by atoms with E-state index in [1.807, 2.05) is 0 Å². The molecule has 1 aromatic rings. The smallest absolute Gasteiger partial charge is 0.257 e. The van der Waals surface area contributed by atoms with Crippen LogP contribution in [-0.2, 0) is 4.79 Å². The SMILES string of the molecule is CC(=O)c1cc(Br)ccc1OCC(=O)NCCC1=CCCCC1. The molecule has 1 aromatic carbocycles. The molecular formula is C18H22BrNO3. The van der Waals surface area contributed by atoms with Crippen LogP contribution in [0.2, 0.25) is 0 Å². The summed E-state index contributed by atoms with van der Waals surface area (Å²) in [5.74, 6) is 0.176. The van der Waals surface area contributed by atoms with Gasteiger partial charge in [0.05, 0.1) is 5.56 Å². The molecule has 0 aliphatic heterocycles. The van der Waals surface area contributed by atoms with Crippen LogP contribution in [0.1, 0.15) is 49.4 Å². The Balaban J connectivity index is 1.78. The number of benzene rings is 1. The van der Waals surface area contributed by atoms with Crippen molar-refractivity contribution in [1.29, 1.82) is 0 Å². The topological polar surface area (TPSA) is 55.4 Å². The second-order valence-corrected chi connectivity index (χ2v) is 6.61. The largest absolute Gasteiger partial charge is 0.483 e. The van der Waals surface area contributed by atoms with Gasteiger partial charge in [0.15, 0.2) is 12.4 Å². The molecule has 0 heterocycles. The maximum absolute atomic E-state index is 11.9. The van der Waals surface area contributed by atoms with Gasteiger partial charge in [-0.1, -0.05) is 27.6 Å². The first-order chi connectivity index (χ1) is 11.1. The molecule has 4 nitrogen and oxygen atoms in total. The van der Waals surface area contributed by atoms with Crippen molar-refractivity contribution >= 4 is 27.6 Å². The Hall–Kier alpha value is -1.62. The second kappa shape index (κ2) is 8.87. The zero-order valence-corrected chi connectivity index (χ0v) is 14.9. The van der Waals surface area contributed by atoms with Gasteiger partial charge in [0.1, 0.15) is 5.75 Å². The number of halogens is 1. The van der Waals surface area contributed by atoms with Crippen LogP contribution < -0.4 is 10.1 Å². The molecule has 0 radical (unpaired) electrons. The maximum atomic E-state index is 11.9. The average Bonchev–Trinajstić information content (AvgIpc) is 2.54. The van der Waals surface area contributed by atoms with Crippen molar-refractivity contribution in [1.82, 2.24) is 5.32 Å². The summed E-state index contributed by atoms with van der Waals surface area (Å²) in [6.07, 6.45) is 8.02. The highest BCUT2D eigenvalue weighted by atomic mass is 79.9. The lowest BCUT2D eigenvalue weighted by molar-refractivity contribution is -0.123. The lowest BCUT2D eigenvalue weighted by Crippen LogP contribution is -2.30. The zero-order chi connectivity index (χ0) is 16.7. The molecule has 0 saturated heterocycles. The van der Waals surface area contributed by atoms with Crippen LogP contribution in [0.3, 0.4) is 0 Å². The highest BCUT2D eigenvalue weighted by molar-refractivity contribution is 9.10. The van der Waals surface area contributed by atoms with Gasteiger partial charge in [0, 0.05) is 11.0 Å². The van der Waals surface area contributed by atoms with E-state index in [4.69, 9.17) is 4.74 Å². The molecule has 0 aromatic heterocycles. The fourth-order valence-corrected chi connectivity index (χ4v) is 2.95. The predicted molar refractivity (Wildman–Crippen MR) is 93.8 cm³/mol. The lowest BCUT2D eigenvalue weighted by atomic mass is 9.97. The number of ether oxygens (including phenoxy) is 1. The Kier molecular flexibility index (Phi) is 6.84. The third kappa shape index (κ3) is 5.82. The molecule has 1 aliphatic carbocycles. The molecule has 1 aliphatic rings. The summed E-state index contributed by atoms with van der Waals surface area (Å²) in [7, 11) is 0. The minimum absolute atomic E-state index is 0.0824. The Bertz CT molecular complexity index is 610.